The lowest BCUT2D eigenvalue weighted by atomic mass is 10.1. The molecule has 1 fully saturated rings. The van der Waals surface area contributed by atoms with E-state index in [9.17, 15) is 9.59 Å². The molecule has 3 rings (SSSR count). The molecule has 1 saturated heterocycles. The summed E-state index contributed by atoms with van der Waals surface area (Å²) in [6.45, 7) is 5.13. The Hall–Kier alpha value is -2.82. The summed E-state index contributed by atoms with van der Waals surface area (Å²) in [5.74, 6) is -0.105. The quantitative estimate of drug-likeness (QED) is 0.845. The highest BCUT2D eigenvalue weighted by Gasteiger charge is 2.34. The second-order valence-corrected chi connectivity index (χ2v) is 6.95. The fraction of sp³-hybridized carbons (Fsp3) is 0.364. The van der Waals surface area contributed by atoms with Crippen molar-refractivity contribution in [3.8, 4) is 0 Å². The summed E-state index contributed by atoms with van der Waals surface area (Å²) >= 11 is 0. The van der Waals surface area contributed by atoms with Gasteiger partial charge < -0.3 is 15.5 Å². The van der Waals surface area contributed by atoms with Crippen LogP contribution in [0.5, 0.6) is 0 Å². The average molecular weight is 365 g/mol. The number of nitrogens with zero attached hydrogens (tertiary/aromatic N) is 1. The van der Waals surface area contributed by atoms with Gasteiger partial charge in [0.1, 0.15) is 6.04 Å². The molecule has 0 spiro atoms. The number of benzene rings is 2. The summed E-state index contributed by atoms with van der Waals surface area (Å²) in [5.41, 5.74) is 4.07. The number of amides is 3. The van der Waals surface area contributed by atoms with E-state index >= 15 is 0 Å². The lowest BCUT2D eigenvalue weighted by Gasteiger charge is -2.25. The molecule has 3 amide bonds. The molecule has 2 N–H and O–H groups in total. The van der Waals surface area contributed by atoms with Crippen molar-refractivity contribution in [2.24, 2.45) is 0 Å². The van der Waals surface area contributed by atoms with Crippen molar-refractivity contribution in [2.45, 2.75) is 45.7 Å². The zero-order valence-corrected chi connectivity index (χ0v) is 16.0. The maximum atomic E-state index is 12.9. The third-order valence-corrected chi connectivity index (χ3v) is 5.09. The van der Waals surface area contributed by atoms with Crippen LogP contribution in [0.3, 0.4) is 0 Å². The number of likely N-dealkylation sites (tertiary alicyclic amines) is 1. The molecule has 0 bridgehead atoms. The SMILES string of the molecule is CCc1cccc(C)c1NC(=O)[C@H]1CCCN1C(=O)NCc1ccccc1. The number of aryl methyl sites for hydroxylation is 2. The molecule has 1 aliphatic rings. The second-order valence-electron chi connectivity index (χ2n) is 6.95. The molecule has 1 heterocycles. The van der Waals surface area contributed by atoms with Gasteiger partial charge >= 0.3 is 6.03 Å². The molecule has 1 atom stereocenters. The van der Waals surface area contributed by atoms with Crippen molar-refractivity contribution in [2.75, 3.05) is 11.9 Å². The zero-order valence-electron chi connectivity index (χ0n) is 16.0. The predicted molar refractivity (Wildman–Crippen MR) is 108 cm³/mol. The van der Waals surface area contributed by atoms with E-state index in [1.807, 2.05) is 55.5 Å². The Morgan fingerprint density at radius 2 is 1.89 bits per heavy atom. The number of anilines is 1. The van der Waals surface area contributed by atoms with Gasteiger partial charge in [0.05, 0.1) is 0 Å². The first-order valence-corrected chi connectivity index (χ1v) is 9.58. The van der Waals surface area contributed by atoms with Gasteiger partial charge in [0.15, 0.2) is 0 Å². The molecular formula is C22H27N3O2. The summed E-state index contributed by atoms with van der Waals surface area (Å²) < 4.78 is 0. The van der Waals surface area contributed by atoms with Gasteiger partial charge in [0.2, 0.25) is 5.91 Å². The Morgan fingerprint density at radius 1 is 1.11 bits per heavy atom. The molecule has 0 unspecified atom stereocenters. The van der Waals surface area contributed by atoms with Crippen molar-refractivity contribution in [1.82, 2.24) is 10.2 Å². The van der Waals surface area contributed by atoms with E-state index in [0.717, 1.165) is 35.2 Å². The molecule has 27 heavy (non-hydrogen) atoms. The minimum absolute atomic E-state index is 0.105. The molecule has 5 nitrogen and oxygen atoms in total. The van der Waals surface area contributed by atoms with E-state index in [4.69, 9.17) is 0 Å². The molecule has 0 saturated carbocycles. The summed E-state index contributed by atoms with van der Waals surface area (Å²) in [7, 11) is 0. The van der Waals surface area contributed by atoms with Gasteiger partial charge in [-0.05, 0) is 42.9 Å². The van der Waals surface area contributed by atoms with Crippen LogP contribution in [-0.2, 0) is 17.8 Å². The van der Waals surface area contributed by atoms with Crippen molar-refractivity contribution in [3.63, 3.8) is 0 Å². The van der Waals surface area contributed by atoms with E-state index in [-0.39, 0.29) is 11.9 Å². The largest absolute Gasteiger partial charge is 0.334 e. The van der Waals surface area contributed by atoms with Crippen molar-refractivity contribution >= 4 is 17.6 Å². The molecule has 1 aliphatic heterocycles. The third-order valence-electron chi connectivity index (χ3n) is 5.09. The molecule has 0 radical (unpaired) electrons. The van der Waals surface area contributed by atoms with E-state index in [1.165, 1.54) is 0 Å². The van der Waals surface area contributed by atoms with Crippen LogP contribution in [0.15, 0.2) is 48.5 Å². The van der Waals surface area contributed by atoms with Crippen LogP contribution in [0.4, 0.5) is 10.5 Å². The number of nitrogens with one attached hydrogen (secondary N) is 2. The second kappa shape index (κ2) is 8.71. The Labute approximate surface area is 160 Å². The Bertz CT molecular complexity index is 804. The van der Waals surface area contributed by atoms with Crippen LogP contribution < -0.4 is 10.6 Å². The van der Waals surface area contributed by atoms with Crippen LogP contribution in [0.2, 0.25) is 0 Å². The van der Waals surface area contributed by atoms with E-state index < -0.39 is 6.04 Å². The monoisotopic (exact) mass is 365 g/mol. The van der Waals surface area contributed by atoms with Crippen molar-refractivity contribution < 1.29 is 9.59 Å². The number of hydrogen-bond acceptors (Lipinski definition) is 2. The van der Waals surface area contributed by atoms with E-state index in [1.54, 1.807) is 4.90 Å². The van der Waals surface area contributed by atoms with Gasteiger partial charge in [0, 0.05) is 18.8 Å². The highest BCUT2D eigenvalue weighted by molar-refractivity contribution is 5.98. The van der Waals surface area contributed by atoms with Crippen molar-refractivity contribution in [3.05, 3.63) is 65.2 Å². The molecule has 0 aromatic heterocycles. The van der Waals surface area contributed by atoms with Gasteiger partial charge in [-0.2, -0.15) is 0 Å². The van der Waals surface area contributed by atoms with Gasteiger partial charge in [0.25, 0.3) is 0 Å². The first kappa shape index (κ1) is 19.0. The number of urea groups is 1. The lowest BCUT2D eigenvalue weighted by Crippen LogP contribution is -2.47. The molecule has 5 heteroatoms. The van der Waals surface area contributed by atoms with Crippen LogP contribution in [0.25, 0.3) is 0 Å². The van der Waals surface area contributed by atoms with Gasteiger partial charge in [-0.3, -0.25) is 4.79 Å². The molecule has 142 valence electrons. The number of hydrogen-bond donors (Lipinski definition) is 2. The van der Waals surface area contributed by atoms with E-state index in [2.05, 4.69) is 17.6 Å². The van der Waals surface area contributed by atoms with E-state index in [0.29, 0.717) is 19.5 Å². The first-order chi connectivity index (χ1) is 13.1. The normalized spacial score (nSPS) is 16.2. The lowest BCUT2D eigenvalue weighted by molar-refractivity contribution is -0.119. The summed E-state index contributed by atoms with van der Waals surface area (Å²) in [6.07, 6.45) is 2.38. The maximum Gasteiger partial charge on any atom is 0.318 e. The van der Waals surface area contributed by atoms with Crippen LogP contribution in [0, 0.1) is 6.92 Å². The van der Waals surface area contributed by atoms with Gasteiger partial charge in [-0.1, -0.05) is 55.5 Å². The topological polar surface area (TPSA) is 61.4 Å². The number of carbonyl (C=O) groups is 2. The summed E-state index contributed by atoms with van der Waals surface area (Å²) in [4.78, 5) is 27.2. The Morgan fingerprint density at radius 3 is 2.63 bits per heavy atom. The number of rotatable bonds is 5. The fourth-order valence-electron chi connectivity index (χ4n) is 3.57. The molecule has 0 aliphatic carbocycles. The van der Waals surface area contributed by atoms with Crippen LogP contribution >= 0.6 is 0 Å². The Balaban J connectivity index is 1.65. The maximum absolute atomic E-state index is 12.9. The molecular weight excluding hydrogens is 338 g/mol. The standard InChI is InChI=1S/C22H27N3O2/c1-3-18-12-7-9-16(2)20(18)24-21(26)19-13-8-14-25(19)22(27)23-15-17-10-5-4-6-11-17/h4-7,9-12,19H,3,8,13-15H2,1-2H3,(H,23,27)(H,24,26)/t19-/m1/s1. The van der Waals surface area contributed by atoms with Gasteiger partial charge in [-0.25, -0.2) is 4.79 Å². The third kappa shape index (κ3) is 4.48. The predicted octanol–water partition coefficient (Wildman–Crippen LogP) is 3.87. The van der Waals surface area contributed by atoms with Crippen LogP contribution in [-0.4, -0.2) is 29.4 Å². The average Bonchev–Trinajstić information content (AvgIpc) is 3.18. The van der Waals surface area contributed by atoms with Crippen LogP contribution in [0.1, 0.15) is 36.5 Å². The Kier molecular flexibility index (Phi) is 6.12. The molecule has 2 aromatic carbocycles. The first-order valence-electron chi connectivity index (χ1n) is 9.58. The highest BCUT2D eigenvalue weighted by Crippen LogP contribution is 2.24. The molecule has 2 aromatic rings. The zero-order chi connectivity index (χ0) is 19.2. The highest BCUT2D eigenvalue weighted by atomic mass is 16.2. The smallest absolute Gasteiger partial charge is 0.318 e. The number of carbonyl (C=O) groups excluding carboxylic acids is 2. The van der Waals surface area contributed by atoms with Crippen molar-refractivity contribution in [1.29, 1.82) is 0 Å². The minimum Gasteiger partial charge on any atom is -0.334 e. The summed E-state index contributed by atoms with van der Waals surface area (Å²) in [6, 6.07) is 15.2. The fourth-order valence-corrected chi connectivity index (χ4v) is 3.57. The van der Waals surface area contributed by atoms with Gasteiger partial charge in [-0.15, -0.1) is 0 Å². The number of para-hydroxylation sites is 1. The minimum atomic E-state index is -0.426. The summed E-state index contributed by atoms with van der Waals surface area (Å²) in [5, 5.41) is 6.00.